The Bertz CT molecular complexity index is 728. The van der Waals surface area contributed by atoms with E-state index < -0.39 is 0 Å². The summed E-state index contributed by atoms with van der Waals surface area (Å²) >= 11 is 0. The number of likely N-dealkylation sites (tertiary alicyclic amines) is 1. The Kier molecular flexibility index (Phi) is 3.36. The van der Waals surface area contributed by atoms with Crippen molar-refractivity contribution in [3.63, 3.8) is 0 Å². The summed E-state index contributed by atoms with van der Waals surface area (Å²) in [6.45, 7) is 2.17. The molecule has 134 valence electrons. The van der Waals surface area contributed by atoms with E-state index in [0.29, 0.717) is 30.4 Å². The third-order valence-corrected chi connectivity index (χ3v) is 7.46. The van der Waals surface area contributed by atoms with Gasteiger partial charge >= 0.3 is 0 Å². The number of fused-ring (bicyclic) bond motifs is 1. The van der Waals surface area contributed by atoms with Crippen molar-refractivity contribution in [2.24, 2.45) is 5.92 Å². The molecule has 25 heavy (non-hydrogen) atoms. The number of methoxy groups -OCH3 is 1. The molecule has 1 heterocycles. The molecule has 3 fully saturated rings. The summed E-state index contributed by atoms with van der Waals surface area (Å²) in [4.78, 5) is 15.2. The molecule has 0 spiro atoms. The van der Waals surface area contributed by atoms with Gasteiger partial charge in [-0.1, -0.05) is 12.1 Å². The molecule has 4 nitrogen and oxygen atoms in total. The van der Waals surface area contributed by atoms with E-state index in [0.717, 1.165) is 43.8 Å². The molecule has 0 unspecified atom stereocenters. The molecule has 0 amide bonds. The number of phenolic OH excluding ortho intramolecular Hbond substituents is 1. The van der Waals surface area contributed by atoms with E-state index >= 15 is 0 Å². The van der Waals surface area contributed by atoms with Crippen LogP contribution in [0.15, 0.2) is 18.2 Å². The smallest absolute Gasteiger partial charge is 0.134 e. The molecule has 1 N–H and O–H groups in total. The van der Waals surface area contributed by atoms with Crippen LogP contribution >= 0.6 is 0 Å². The Morgan fingerprint density at radius 3 is 2.92 bits per heavy atom. The highest BCUT2D eigenvalue weighted by atomic mass is 16.5. The minimum Gasteiger partial charge on any atom is -0.508 e. The van der Waals surface area contributed by atoms with Gasteiger partial charge in [0.05, 0.1) is 5.60 Å². The third-order valence-electron chi connectivity index (χ3n) is 7.46. The minimum atomic E-state index is -0.360. The van der Waals surface area contributed by atoms with Crippen LogP contribution in [0, 0.1) is 5.92 Å². The fourth-order valence-corrected chi connectivity index (χ4v) is 6.23. The quantitative estimate of drug-likeness (QED) is 0.918. The zero-order valence-corrected chi connectivity index (χ0v) is 15.0. The Labute approximate surface area is 149 Å². The molecule has 1 aromatic carbocycles. The molecule has 0 aromatic heterocycles. The van der Waals surface area contributed by atoms with Gasteiger partial charge in [0.25, 0.3) is 0 Å². The normalized spacial score (nSPS) is 37.5. The number of carbonyl (C=O) groups excluding carboxylic acids is 1. The number of Topliss-reactive ketones (excluding diaryl/α,β-unsaturated/α-hetero) is 1. The molecule has 0 radical (unpaired) electrons. The average Bonchev–Trinajstić information content (AvgIpc) is 3.41. The Balaban J connectivity index is 1.69. The first-order valence-electron chi connectivity index (χ1n) is 9.72. The SMILES string of the molecule is CO[C@@]12CCC(=O)C[C@]13CCN(CC1CC1)[C@H]2Cc1cccc(O)c13. The number of piperidine rings is 1. The largest absolute Gasteiger partial charge is 0.508 e. The highest BCUT2D eigenvalue weighted by Gasteiger charge is 2.66. The molecule has 2 bridgehead atoms. The number of carbonyl (C=O) groups is 1. The standard InChI is InChI=1S/C21H27NO3/c1-25-21-8-7-16(23)12-20(21)9-10-22(13-14-5-6-14)18(21)11-15-3-2-4-17(24)19(15)20/h2-4,14,18,24H,5-13H2,1H3/t18-,20-,21+/m0/s1. The zero-order valence-electron chi connectivity index (χ0n) is 15.0. The summed E-state index contributed by atoms with van der Waals surface area (Å²) in [5.41, 5.74) is 1.51. The lowest BCUT2D eigenvalue weighted by Gasteiger charge is -2.65. The van der Waals surface area contributed by atoms with Crippen LogP contribution in [0.4, 0.5) is 0 Å². The first-order valence-corrected chi connectivity index (χ1v) is 9.72. The van der Waals surface area contributed by atoms with Crippen LogP contribution in [-0.4, -0.2) is 47.6 Å². The topological polar surface area (TPSA) is 49.8 Å². The highest BCUT2D eigenvalue weighted by molar-refractivity contribution is 5.83. The third kappa shape index (κ3) is 2.04. The monoisotopic (exact) mass is 341 g/mol. The van der Waals surface area contributed by atoms with Gasteiger partial charge in [0.2, 0.25) is 0 Å². The molecule has 1 aliphatic heterocycles. The van der Waals surface area contributed by atoms with Crippen LogP contribution in [-0.2, 0) is 21.4 Å². The Hall–Kier alpha value is -1.39. The molecular formula is C21H27NO3. The Morgan fingerprint density at radius 2 is 2.16 bits per heavy atom. The van der Waals surface area contributed by atoms with E-state index in [2.05, 4.69) is 11.0 Å². The predicted octanol–water partition coefficient (Wildman–Crippen LogP) is 2.81. The summed E-state index contributed by atoms with van der Waals surface area (Å²) in [6.07, 6.45) is 6.42. The number of aromatic hydroxyl groups is 1. The lowest BCUT2D eigenvalue weighted by Crippen LogP contribution is -2.74. The lowest BCUT2D eigenvalue weighted by molar-refractivity contribution is -0.188. The molecule has 3 aliphatic carbocycles. The predicted molar refractivity (Wildman–Crippen MR) is 94.8 cm³/mol. The number of benzene rings is 1. The second kappa shape index (κ2) is 5.31. The molecule has 1 aromatic rings. The van der Waals surface area contributed by atoms with E-state index in [1.54, 1.807) is 6.07 Å². The number of ketones is 1. The summed E-state index contributed by atoms with van der Waals surface area (Å²) in [6, 6.07) is 6.18. The molecule has 3 atom stereocenters. The number of hydrogen-bond donors (Lipinski definition) is 1. The van der Waals surface area contributed by atoms with E-state index in [9.17, 15) is 9.90 Å². The fraction of sp³-hybridized carbons (Fsp3) is 0.667. The van der Waals surface area contributed by atoms with Crippen LogP contribution < -0.4 is 0 Å². The maximum atomic E-state index is 12.5. The minimum absolute atomic E-state index is 0.314. The van der Waals surface area contributed by atoms with Crippen molar-refractivity contribution in [2.45, 2.75) is 62.0 Å². The number of nitrogens with zero attached hydrogens (tertiary/aromatic N) is 1. The van der Waals surface area contributed by atoms with Crippen molar-refractivity contribution in [1.82, 2.24) is 4.90 Å². The van der Waals surface area contributed by atoms with Crippen molar-refractivity contribution < 1.29 is 14.6 Å². The summed E-state index contributed by atoms with van der Waals surface area (Å²) in [5, 5.41) is 10.7. The van der Waals surface area contributed by atoms with Gasteiger partial charge in [0, 0.05) is 43.5 Å². The summed E-state index contributed by atoms with van der Waals surface area (Å²) in [7, 11) is 1.82. The van der Waals surface area contributed by atoms with E-state index in [-0.39, 0.29) is 11.0 Å². The number of phenols is 1. The molecule has 4 heteroatoms. The number of ether oxygens (including phenoxy) is 1. The van der Waals surface area contributed by atoms with Gasteiger partial charge in [-0.25, -0.2) is 0 Å². The molecule has 1 saturated heterocycles. The fourth-order valence-electron chi connectivity index (χ4n) is 6.23. The molecular weight excluding hydrogens is 314 g/mol. The van der Waals surface area contributed by atoms with Crippen LogP contribution in [0.2, 0.25) is 0 Å². The molecule has 2 saturated carbocycles. The second-order valence-corrected chi connectivity index (χ2v) is 8.61. The van der Waals surface area contributed by atoms with Crippen molar-refractivity contribution in [1.29, 1.82) is 0 Å². The van der Waals surface area contributed by atoms with Crippen LogP contribution in [0.25, 0.3) is 0 Å². The van der Waals surface area contributed by atoms with Gasteiger partial charge < -0.3 is 9.84 Å². The van der Waals surface area contributed by atoms with E-state index in [4.69, 9.17) is 4.74 Å². The van der Waals surface area contributed by atoms with Crippen LogP contribution in [0.3, 0.4) is 0 Å². The van der Waals surface area contributed by atoms with Crippen molar-refractivity contribution in [3.8, 4) is 5.75 Å². The highest BCUT2D eigenvalue weighted by Crippen LogP contribution is 2.60. The average molecular weight is 341 g/mol. The Morgan fingerprint density at radius 1 is 1.32 bits per heavy atom. The van der Waals surface area contributed by atoms with Gasteiger partial charge in [-0.15, -0.1) is 0 Å². The summed E-state index contributed by atoms with van der Waals surface area (Å²) in [5.74, 6) is 1.51. The lowest BCUT2D eigenvalue weighted by atomic mass is 9.49. The number of hydrogen-bond acceptors (Lipinski definition) is 4. The van der Waals surface area contributed by atoms with Gasteiger partial charge in [-0.2, -0.15) is 0 Å². The number of rotatable bonds is 3. The van der Waals surface area contributed by atoms with Crippen LogP contribution in [0.5, 0.6) is 5.75 Å². The van der Waals surface area contributed by atoms with Gasteiger partial charge in [-0.05, 0) is 56.2 Å². The van der Waals surface area contributed by atoms with Gasteiger partial charge in [0.15, 0.2) is 0 Å². The maximum absolute atomic E-state index is 12.5. The van der Waals surface area contributed by atoms with Gasteiger partial charge in [-0.3, -0.25) is 9.69 Å². The summed E-state index contributed by atoms with van der Waals surface area (Å²) < 4.78 is 6.33. The van der Waals surface area contributed by atoms with E-state index in [1.165, 1.54) is 18.4 Å². The van der Waals surface area contributed by atoms with Crippen molar-refractivity contribution in [3.05, 3.63) is 29.3 Å². The zero-order chi connectivity index (χ0) is 17.2. The first kappa shape index (κ1) is 15.8. The maximum Gasteiger partial charge on any atom is 0.134 e. The molecule has 4 aliphatic rings. The second-order valence-electron chi connectivity index (χ2n) is 8.61. The molecule has 5 rings (SSSR count). The first-order chi connectivity index (χ1) is 12.1. The van der Waals surface area contributed by atoms with Gasteiger partial charge in [0.1, 0.15) is 11.5 Å². The van der Waals surface area contributed by atoms with Crippen molar-refractivity contribution >= 4 is 5.78 Å². The van der Waals surface area contributed by atoms with E-state index in [1.807, 2.05) is 13.2 Å². The van der Waals surface area contributed by atoms with Crippen molar-refractivity contribution in [2.75, 3.05) is 20.2 Å². The van der Waals surface area contributed by atoms with Crippen LogP contribution in [0.1, 0.15) is 49.7 Å².